The molecule has 0 bridgehead atoms. The fourth-order valence-corrected chi connectivity index (χ4v) is 6.50. The number of benzene rings is 3. The maximum absolute atomic E-state index is 12.9. The summed E-state index contributed by atoms with van der Waals surface area (Å²) in [6, 6.07) is 24.9. The summed E-state index contributed by atoms with van der Waals surface area (Å²) in [4.78, 5) is 36.9. The van der Waals surface area contributed by atoms with E-state index >= 15 is 0 Å². The van der Waals surface area contributed by atoms with Gasteiger partial charge in [-0.25, -0.2) is 0 Å². The SMILES string of the molecule is CCCCCCCCCCCCCCCC(=O)NCC(COC(c1ccccc1)(c1ccc(OC)cc1)c1ccc(OC)cc1)OC(=O)CCC(=O)O. The Morgan fingerprint density at radius 3 is 1.57 bits per heavy atom. The minimum absolute atomic E-state index is 0.0200. The van der Waals surface area contributed by atoms with Gasteiger partial charge in [-0.2, -0.15) is 0 Å². The first-order chi connectivity index (χ1) is 25.8. The summed E-state index contributed by atoms with van der Waals surface area (Å²) in [5, 5.41) is 12.1. The molecule has 53 heavy (non-hydrogen) atoms. The molecule has 3 rings (SSSR count). The molecule has 2 N–H and O–H groups in total. The molecule has 0 aliphatic rings. The highest BCUT2D eigenvalue weighted by Crippen LogP contribution is 2.42. The van der Waals surface area contributed by atoms with Crippen LogP contribution in [-0.4, -0.2) is 56.4 Å². The van der Waals surface area contributed by atoms with Crippen molar-refractivity contribution in [2.24, 2.45) is 0 Å². The molecule has 0 aromatic heterocycles. The minimum atomic E-state index is -1.16. The van der Waals surface area contributed by atoms with Crippen molar-refractivity contribution in [3.63, 3.8) is 0 Å². The number of amides is 1. The standard InChI is InChI=1S/C44H61NO8/c1-4-5-6-7-8-9-10-11-12-13-14-15-19-22-41(46)45-33-40(53-43(49)32-31-42(47)48)34-52-44(35-20-17-16-18-21-35,36-23-27-38(50-2)28-24-36)37-25-29-39(51-3)30-26-37/h16-18,20-21,23-30,40H,4-15,19,22,31-34H2,1-3H3,(H,45,46)(H,47,48). The Morgan fingerprint density at radius 2 is 1.09 bits per heavy atom. The second-order valence-electron chi connectivity index (χ2n) is 13.6. The lowest BCUT2D eigenvalue weighted by Gasteiger charge is -2.37. The van der Waals surface area contributed by atoms with Crippen LogP contribution in [0, 0.1) is 0 Å². The number of esters is 1. The number of carboxylic acids is 1. The van der Waals surface area contributed by atoms with Crippen LogP contribution in [0.4, 0.5) is 0 Å². The number of carboxylic acid groups (broad SMARTS) is 1. The van der Waals surface area contributed by atoms with E-state index in [0.29, 0.717) is 17.9 Å². The van der Waals surface area contributed by atoms with Gasteiger partial charge in [0.2, 0.25) is 5.91 Å². The lowest BCUT2D eigenvalue weighted by atomic mass is 9.80. The predicted molar refractivity (Wildman–Crippen MR) is 208 cm³/mol. The summed E-state index contributed by atoms with van der Waals surface area (Å²) in [7, 11) is 3.21. The van der Waals surface area contributed by atoms with E-state index in [1.807, 2.05) is 78.9 Å². The second-order valence-corrected chi connectivity index (χ2v) is 13.6. The summed E-state index contributed by atoms with van der Waals surface area (Å²) in [6.45, 7) is 2.18. The van der Waals surface area contributed by atoms with Crippen LogP contribution < -0.4 is 14.8 Å². The van der Waals surface area contributed by atoms with Crippen LogP contribution in [0.15, 0.2) is 78.9 Å². The van der Waals surface area contributed by atoms with Gasteiger partial charge < -0.3 is 29.4 Å². The van der Waals surface area contributed by atoms with E-state index in [9.17, 15) is 14.4 Å². The maximum Gasteiger partial charge on any atom is 0.306 e. The van der Waals surface area contributed by atoms with E-state index in [1.165, 1.54) is 64.2 Å². The second kappa shape index (κ2) is 24.8. The van der Waals surface area contributed by atoms with Gasteiger partial charge in [0.05, 0.1) is 40.2 Å². The van der Waals surface area contributed by atoms with Crippen LogP contribution in [-0.2, 0) is 29.5 Å². The molecule has 0 saturated carbocycles. The van der Waals surface area contributed by atoms with Crippen LogP contribution in [0.3, 0.4) is 0 Å². The molecular formula is C44H61NO8. The van der Waals surface area contributed by atoms with Crippen molar-refractivity contribution in [1.29, 1.82) is 0 Å². The van der Waals surface area contributed by atoms with Crippen molar-refractivity contribution >= 4 is 17.8 Å². The predicted octanol–water partition coefficient (Wildman–Crippen LogP) is 9.39. The molecule has 1 unspecified atom stereocenters. The lowest BCUT2D eigenvalue weighted by Crippen LogP contribution is -2.41. The zero-order valence-electron chi connectivity index (χ0n) is 32.1. The average Bonchev–Trinajstić information content (AvgIpc) is 3.18. The van der Waals surface area contributed by atoms with Gasteiger partial charge in [0.1, 0.15) is 23.2 Å². The Bertz CT molecular complexity index is 1410. The van der Waals surface area contributed by atoms with Crippen molar-refractivity contribution in [1.82, 2.24) is 5.32 Å². The summed E-state index contributed by atoms with van der Waals surface area (Å²) in [5.41, 5.74) is 1.27. The number of unbranched alkanes of at least 4 members (excludes halogenated alkanes) is 12. The van der Waals surface area contributed by atoms with Crippen LogP contribution in [0.25, 0.3) is 0 Å². The van der Waals surface area contributed by atoms with Gasteiger partial charge in [-0.05, 0) is 47.4 Å². The number of aliphatic carboxylic acids is 1. The number of methoxy groups -OCH3 is 2. The molecule has 0 aliphatic carbocycles. The van der Waals surface area contributed by atoms with E-state index in [2.05, 4.69) is 12.2 Å². The van der Waals surface area contributed by atoms with Gasteiger partial charge >= 0.3 is 11.9 Å². The van der Waals surface area contributed by atoms with Crippen LogP contribution in [0.5, 0.6) is 11.5 Å². The molecule has 0 spiro atoms. The normalized spacial score (nSPS) is 11.8. The molecule has 0 aliphatic heterocycles. The Hall–Kier alpha value is -4.37. The maximum atomic E-state index is 12.9. The molecule has 0 radical (unpaired) electrons. The summed E-state index contributed by atoms with van der Waals surface area (Å²) < 4.78 is 23.6. The summed E-state index contributed by atoms with van der Waals surface area (Å²) >= 11 is 0. The molecule has 1 amide bonds. The zero-order valence-corrected chi connectivity index (χ0v) is 32.1. The molecule has 290 valence electrons. The Labute approximate surface area is 316 Å². The van der Waals surface area contributed by atoms with E-state index in [1.54, 1.807) is 14.2 Å². The highest BCUT2D eigenvalue weighted by molar-refractivity contribution is 5.77. The van der Waals surface area contributed by atoms with Crippen molar-refractivity contribution in [2.75, 3.05) is 27.4 Å². The quantitative estimate of drug-likeness (QED) is 0.0431. The van der Waals surface area contributed by atoms with Crippen molar-refractivity contribution in [3.05, 3.63) is 95.6 Å². The summed E-state index contributed by atoms with van der Waals surface area (Å²) in [6.07, 6.45) is 14.8. The number of hydrogen-bond acceptors (Lipinski definition) is 7. The van der Waals surface area contributed by atoms with E-state index in [0.717, 1.165) is 36.0 Å². The fourth-order valence-electron chi connectivity index (χ4n) is 6.50. The number of carbonyl (C=O) groups is 3. The fraction of sp³-hybridized carbons (Fsp3) is 0.523. The first kappa shape index (κ1) is 43.0. The van der Waals surface area contributed by atoms with Crippen molar-refractivity contribution in [3.8, 4) is 11.5 Å². The van der Waals surface area contributed by atoms with E-state index in [-0.39, 0.29) is 31.9 Å². The van der Waals surface area contributed by atoms with Gasteiger partial charge in [-0.1, -0.05) is 139 Å². The first-order valence-corrected chi connectivity index (χ1v) is 19.5. The molecule has 0 heterocycles. The van der Waals surface area contributed by atoms with E-state index < -0.39 is 23.6 Å². The van der Waals surface area contributed by atoms with Gasteiger partial charge in [-0.3, -0.25) is 14.4 Å². The van der Waals surface area contributed by atoms with Crippen LogP contribution >= 0.6 is 0 Å². The zero-order chi connectivity index (χ0) is 38.2. The molecular weight excluding hydrogens is 670 g/mol. The third kappa shape index (κ3) is 15.3. The monoisotopic (exact) mass is 731 g/mol. The molecule has 3 aromatic carbocycles. The Morgan fingerprint density at radius 1 is 0.623 bits per heavy atom. The Kier molecular flexibility index (Phi) is 20.1. The average molecular weight is 732 g/mol. The van der Waals surface area contributed by atoms with E-state index in [4.69, 9.17) is 24.1 Å². The number of rotatable bonds is 28. The van der Waals surface area contributed by atoms with Gasteiger partial charge in [0.25, 0.3) is 0 Å². The highest BCUT2D eigenvalue weighted by Gasteiger charge is 2.39. The smallest absolute Gasteiger partial charge is 0.306 e. The highest BCUT2D eigenvalue weighted by atomic mass is 16.6. The largest absolute Gasteiger partial charge is 0.497 e. The molecule has 9 heteroatoms. The first-order valence-electron chi connectivity index (χ1n) is 19.5. The van der Waals surface area contributed by atoms with Crippen molar-refractivity contribution in [2.45, 2.75) is 121 Å². The number of carbonyl (C=O) groups excluding carboxylic acids is 2. The van der Waals surface area contributed by atoms with Gasteiger partial charge in [0, 0.05) is 6.42 Å². The molecule has 9 nitrogen and oxygen atoms in total. The van der Waals surface area contributed by atoms with Gasteiger partial charge in [-0.15, -0.1) is 0 Å². The molecule has 1 atom stereocenters. The third-order valence-corrected chi connectivity index (χ3v) is 9.53. The third-order valence-electron chi connectivity index (χ3n) is 9.53. The van der Waals surface area contributed by atoms with Crippen LogP contribution in [0.1, 0.15) is 126 Å². The molecule has 3 aromatic rings. The molecule has 0 fully saturated rings. The number of nitrogens with one attached hydrogen (secondary N) is 1. The van der Waals surface area contributed by atoms with Crippen LogP contribution in [0.2, 0.25) is 0 Å². The number of ether oxygens (including phenoxy) is 4. The summed E-state index contributed by atoms with van der Waals surface area (Å²) in [5.74, 6) is -0.531. The Balaban J connectivity index is 1.68. The number of hydrogen-bond donors (Lipinski definition) is 2. The minimum Gasteiger partial charge on any atom is -0.497 e. The topological polar surface area (TPSA) is 120 Å². The molecule has 0 saturated heterocycles. The van der Waals surface area contributed by atoms with Gasteiger partial charge in [0.15, 0.2) is 0 Å². The van der Waals surface area contributed by atoms with Crippen molar-refractivity contribution < 1.29 is 38.4 Å². The lowest BCUT2D eigenvalue weighted by molar-refractivity contribution is -0.157.